The third-order valence-electron chi connectivity index (χ3n) is 11.2. The highest BCUT2D eigenvalue weighted by atomic mass is 19.1. The van der Waals surface area contributed by atoms with Crippen LogP contribution in [0.1, 0.15) is 11.1 Å². The fourth-order valence-corrected chi connectivity index (χ4v) is 8.62. The molecule has 1 aliphatic rings. The Balaban J connectivity index is 0.928. The Bertz CT molecular complexity index is 2870. The van der Waals surface area contributed by atoms with E-state index < -0.39 is 0 Å². The molecular formula is C49H28F4N2. The molecule has 0 atom stereocenters. The Kier molecular flexibility index (Phi) is 6.77. The first-order valence-corrected chi connectivity index (χ1v) is 18.1. The van der Waals surface area contributed by atoms with Crippen molar-refractivity contribution in [1.29, 1.82) is 0 Å². The molecule has 0 unspecified atom stereocenters. The van der Waals surface area contributed by atoms with Gasteiger partial charge < -0.3 is 9.13 Å². The Morgan fingerprint density at radius 2 is 0.618 bits per heavy atom. The third-order valence-corrected chi connectivity index (χ3v) is 11.2. The molecule has 0 saturated carbocycles. The van der Waals surface area contributed by atoms with Gasteiger partial charge in [-0.25, -0.2) is 17.6 Å². The van der Waals surface area contributed by atoms with Gasteiger partial charge in [0.2, 0.25) is 0 Å². The fourth-order valence-electron chi connectivity index (χ4n) is 8.62. The van der Waals surface area contributed by atoms with Gasteiger partial charge in [-0.05, 0) is 160 Å². The van der Waals surface area contributed by atoms with Crippen LogP contribution in [0.3, 0.4) is 0 Å². The molecule has 1 aliphatic carbocycles. The quantitative estimate of drug-likeness (QED) is 0.160. The van der Waals surface area contributed by atoms with E-state index in [1.54, 1.807) is 24.3 Å². The van der Waals surface area contributed by atoms with Crippen LogP contribution >= 0.6 is 0 Å². The van der Waals surface area contributed by atoms with Gasteiger partial charge >= 0.3 is 0 Å². The molecule has 0 saturated heterocycles. The summed E-state index contributed by atoms with van der Waals surface area (Å²) >= 11 is 0. The number of benzene rings is 8. The molecule has 0 radical (unpaired) electrons. The van der Waals surface area contributed by atoms with Gasteiger partial charge in [0.05, 0.1) is 22.1 Å². The Labute approximate surface area is 312 Å². The summed E-state index contributed by atoms with van der Waals surface area (Å²) in [5.74, 6) is -1.43. The zero-order chi connectivity index (χ0) is 36.9. The van der Waals surface area contributed by atoms with Gasteiger partial charge in [0.15, 0.2) is 0 Å². The molecule has 8 aromatic carbocycles. The van der Waals surface area contributed by atoms with Crippen molar-refractivity contribution in [2.75, 3.05) is 0 Å². The van der Waals surface area contributed by atoms with Crippen molar-refractivity contribution in [2.45, 2.75) is 6.42 Å². The van der Waals surface area contributed by atoms with Crippen molar-refractivity contribution in [3.63, 3.8) is 0 Å². The maximum absolute atomic E-state index is 14.3. The van der Waals surface area contributed by atoms with Crippen LogP contribution in [-0.4, -0.2) is 9.13 Å². The summed E-state index contributed by atoms with van der Waals surface area (Å²) in [6, 6.07) is 48.5. The number of rotatable bonds is 4. The van der Waals surface area contributed by atoms with Crippen molar-refractivity contribution in [2.24, 2.45) is 0 Å². The summed E-state index contributed by atoms with van der Waals surface area (Å²) < 4.78 is 61.1. The topological polar surface area (TPSA) is 9.86 Å². The number of halogens is 4. The van der Waals surface area contributed by atoms with E-state index in [0.29, 0.717) is 21.5 Å². The van der Waals surface area contributed by atoms with Crippen LogP contribution in [-0.2, 0) is 6.42 Å². The molecule has 2 nitrogen and oxygen atoms in total. The third kappa shape index (κ3) is 4.95. The Morgan fingerprint density at radius 3 is 0.945 bits per heavy atom. The maximum Gasteiger partial charge on any atom is 0.123 e. The van der Waals surface area contributed by atoms with E-state index in [9.17, 15) is 17.6 Å². The maximum atomic E-state index is 14.3. The number of hydrogen-bond acceptors (Lipinski definition) is 0. The van der Waals surface area contributed by atoms with E-state index in [1.807, 2.05) is 9.13 Å². The van der Waals surface area contributed by atoms with Gasteiger partial charge in [0.25, 0.3) is 0 Å². The molecule has 55 heavy (non-hydrogen) atoms. The first-order valence-electron chi connectivity index (χ1n) is 18.1. The molecule has 0 N–H and O–H groups in total. The number of aromatic nitrogens is 2. The van der Waals surface area contributed by atoms with Gasteiger partial charge in [-0.1, -0.05) is 48.5 Å². The average molecular weight is 721 g/mol. The van der Waals surface area contributed by atoms with E-state index in [0.717, 1.165) is 62.1 Å². The van der Waals surface area contributed by atoms with E-state index in [1.165, 1.54) is 70.8 Å². The highest BCUT2D eigenvalue weighted by molar-refractivity contribution is 6.10. The van der Waals surface area contributed by atoms with E-state index in [-0.39, 0.29) is 23.3 Å². The SMILES string of the molecule is Fc1ccc2c(c1)c1cc(F)ccc1n2-c1ccc(-c2ccc3c(c2)-c2cc(-c4ccc(-n5c6ccc(F)cc6c6cc(F)ccc65)cc4)ccc2C3)cc1. The smallest absolute Gasteiger partial charge is 0.123 e. The van der Waals surface area contributed by atoms with Crippen LogP contribution in [0.15, 0.2) is 158 Å². The van der Waals surface area contributed by atoms with Gasteiger partial charge in [0, 0.05) is 32.9 Å². The molecule has 0 aliphatic heterocycles. The first kappa shape index (κ1) is 31.6. The summed E-state index contributed by atoms with van der Waals surface area (Å²) in [5, 5.41) is 2.68. The molecule has 2 heterocycles. The minimum Gasteiger partial charge on any atom is -0.309 e. The number of fused-ring (bicyclic) bond motifs is 9. The predicted octanol–water partition coefficient (Wildman–Crippen LogP) is 13.3. The summed E-state index contributed by atoms with van der Waals surface area (Å²) in [4.78, 5) is 0. The summed E-state index contributed by atoms with van der Waals surface area (Å²) in [6.07, 6.45) is 0.868. The highest BCUT2D eigenvalue weighted by Crippen LogP contribution is 2.42. The van der Waals surface area contributed by atoms with E-state index >= 15 is 0 Å². The van der Waals surface area contributed by atoms with Gasteiger partial charge in [-0.2, -0.15) is 0 Å². The molecule has 6 heteroatoms. The average Bonchev–Trinajstić information content (AvgIpc) is 3.84. The minimum absolute atomic E-state index is 0.357. The molecule has 11 rings (SSSR count). The standard InChI is InChI=1S/C49H28F4N2/c50-34-9-17-46-42(24-34)43-25-35(51)10-18-47(43)54(46)38-13-5-28(6-14-38)30-1-3-32-21-33-4-2-31(23-41(33)40(32)22-30)29-7-15-39(16-8-29)55-48-19-11-36(52)26-44(48)45-27-37(53)12-20-49(45)55/h1-20,22-27H,21H2. The summed E-state index contributed by atoms with van der Waals surface area (Å²) in [6.45, 7) is 0. The zero-order valence-electron chi connectivity index (χ0n) is 29.1. The van der Waals surface area contributed by atoms with E-state index in [2.05, 4.69) is 84.9 Å². The first-order chi connectivity index (χ1) is 26.9. The minimum atomic E-state index is -0.357. The van der Waals surface area contributed by atoms with Crippen LogP contribution < -0.4 is 0 Å². The van der Waals surface area contributed by atoms with Crippen molar-refractivity contribution < 1.29 is 17.6 Å². The molecule has 262 valence electrons. The molecule has 0 bridgehead atoms. The van der Waals surface area contributed by atoms with Crippen molar-refractivity contribution in [1.82, 2.24) is 9.13 Å². The second-order valence-electron chi connectivity index (χ2n) is 14.3. The molecule has 0 fully saturated rings. The van der Waals surface area contributed by atoms with Crippen LogP contribution in [0, 0.1) is 23.3 Å². The molecule has 0 spiro atoms. The molecular weight excluding hydrogens is 693 g/mol. The second-order valence-corrected chi connectivity index (χ2v) is 14.3. The molecule has 0 amide bonds. The van der Waals surface area contributed by atoms with Crippen LogP contribution in [0.5, 0.6) is 0 Å². The largest absolute Gasteiger partial charge is 0.309 e. The summed E-state index contributed by atoms with van der Waals surface area (Å²) in [7, 11) is 0. The lowest BCUT2D eigenvalue weighted by molar-refractivity contribution is 0.628. The fraction of sp³-hybridized carbons (Fsp3) is 0.0204. The number of hydrogen-bond donors (Lipinski definition) is 0. The molecule has 2 aromatic heterocycles. The van der Waals surface area contributed by atoms with Crippen molar-refractivity contribution in [3.05, 3.63) is 192 Å². The molecule has 10 aromatic rings. The second kappa shape index (κ2) is 11.8. The lowest BCUT2D eigenvalue weighted by atomic mass is 9.96. The van der Waals surface area contributed by atoms with Crippen molar-refractivity contribution >= 4 is 43.6 Å². The van der Waals surface area contributed by atoms with Crippen LogP contribution in [0.4, 0.5) is 17.6 Å². The van der Waals surface area contributed by atoms with Crippen LogP contribution in [0.2, 0.25) is 0 Å². The van der Waals surface area contributed by atoms with Crippen LogP contribution in [0.25, 0.3) is 88.4 Å². The highest BCUT2D eigenvalue weighted by Gasteiger charge is 2.21. The van der Waals surface area contributed by atoms with Crippen molar-refractivity contribution in [3.8, 4) is 44.8 Å². The van der Waals surface area contributed by atoms with Gasteiger partial charge in [-0.3, -0.25) is 0 Å². The summed E-state index contributed by atoms with van der Waals surface area (Å²) in [5.41, 5.74) is 14.4. The normalized spacial score (nSPS) is 12.3. The lowest BCUT2D eigenvalue weighted by Gasteiger charge is -2.11. The number of nitrogens with zero attached hydrogens (tertiary/aromatic N) is 2. The van der Waals surface area contributed by atoms with Gasteiger partial charge in [-0.15, -0.1) is 0 Å². The Morgan fingerprint density at radius 1 is 0.309 bits per heavy atom. The Hall–Kier alpha value is -6.92. The predicted molar refractivity (Wildman–Crippen MR) is 214 cm³/mol. The lowest BCUT2D eigenvalue weighted by Crippen LogP contribution is -1.94. The van der Waals surface area contributed by atoms with E-state index in [4.69, 9.17) is 0 Å². The monoisotopic (exact) mass is 720 g/mol. The van der Waals surface area contributed by atoms with Gasteiger partial charge in [0.1, 0.15) is 23.3 Å². The zero-order valence-corrected chi connectivity index (χ0v) is 29.1.